The van der Waals surface area contributed by atoms with Crippen LogP contribution >= 0.6 is 0 Å². The molecule has 10 heteroatoms. The topological polar surface area (TPSA) is 110 Å². The Balaban J connectivity index is 2.18. The van der Waals surface area contributed by atoms with Crippen LogP contribution in [0.2, 0.25) is 0 Å². The predicted octanol–water partition coefficient (Wildman–Crippen LogP) is 1.74. The van der Waals surface area contributed by atoms with Crippen molar-refractivity contribution in [3.8, 4) is 5.75 Å². The maximum Gasteiger partial charge on any atom is 0.241 e. The minimum atomic E-state index is -3.74. The molecule has 158 valence electrons. The van der Waals surface area contributed by atoms with Crippen molar-refractivity contribution in [3.63, 3.8) is 0 Å². The Morgan fingerprint density at radius 1 is 1.03 bits per heavy atom. The molecule has 0 aromatic heterocycles. The van der Waals surface area contributed by atoms with E-state index in [1.807, 2.05) is 0 Å². The van der Waals surface area contributed by atoms with E-state index >= 15 is 0 Å². The van der Waals surface area contributed by atoms with E-state index in [2.05, 4.69) is 5.32 Å². The second-order valence-electron chi connectivity index (χ2n) is 6.57. The highest BCUT2D eigenvalue weighted by Crippen LogP contribution is 2.29. The van der Waals surface area contributed by atoms with Crippen molar-refractivity contribution in [3.05, 3.63) is 54.1 Å². The molecule has 2 aromatic rings. The lowest BCUT2D eigenvalue weighted by atomic mass is 10.1. The zero-order chi connectivity index (χ0) is 21.8. The van der Waals surface area contributed by atoms with Crippen LogP contribution in [0.1, 0.15) is 18.5 Å². The number of carbonyl (C=O) groups excluding carboxylic acids is 1. The number of para-hydroxylation sites is 2. The van der Waals surface area contributed by atoms with Gasteiger partial charge >= 0.3 is 0 Å². The van der Waals surface area contributed by atoms with Gasteiger partial charge in [-0.25, -0.2) is 16.8 Å². The Morgan fingerprint density at radius 3 is 2.14 bits per heavy atom. The minimum absolute atomic E-state index is 0.180. The fourth-order valence-corrected chi connectivity index (χ4v) is 4.21. The highest BCUT2D eigenvalue weighted by Gasteiger charge is 2.24. The summed E-state index contributed by atoms with van der Waals surface area (Å²) in [6.45, 7) is 1.30. The third kappa shape index (κ3) is 5.94. The molecule has 0 fully saturated rings. The number of benzene rings is 2. The first-order chi connectivity index (χ1) is 13.4. The van der Waals surface area contributed by atoms with Gasteiger partial charge < -0.3 is 10.1 Å². The van der Waals surface area contributed by atoms with Crippen molar-refractivity contribution in [2.75, 3.05) is 30.5 Å². The second kappa shape index (κ2) is 8.83. The summed E-state index contributed by atoms with van der Waals surface area (Å²) in [5.74, 6) is -0.184. The molecule has 0 bridgehead atoms. The lowest BCUT2D eigenvalue weighted by Gasteiger charge is -2.24. The number of nitrogens with one attached hydrogen (secondary N) is 1. The van der Waals surface area contributed by atoms with Crippen molar-refractivity contribution >= 4 is 31.5 Å². The summed E-state index contributed by atoms with van der Waals surface area (Å²) >= 11 is 0. The molecule has 0 spiro atoms. The molecule has 0 aliphatic carbocycles. The van der Waals surface area contributed by atoms with Crippen LogP contribution in [0.5, 0.6) is 5.75 Å². The monoisotopic (exact) mass is 440 g/mol. The summed E-state index contributed by atoms with van der Waals surface area (Å²) in [4.78, 5) is 12.7. The molecule has 0 saturated heterocycles. The molecule has 8 nitrogen and oxygen atoms in total. The molecule has 2 aromatic carbocycles. The first kappa shape index (κ1) is 22.7. The summed E-state index contributed by atoms with van der Waals surface area (Å²) in [5, 5.41) is 2.73. The lowest BCUT2D eigenvalue weighted by Crippen LogP contribution is -2.41. The summed E-state index contributed by atoms with van der Waals surface area (Å²) < 4.78 is 53.8. The second-order valence-corrected chi connectivity index (χ2v) is 10.5. The zero-order valence-corrected chi connectivity index (χ0v) is 18.2. The smallest absolute Gasteiger partial charge is 0.241 e. The molecule has 1 unspecified atom stereocenters. The number of ether oxygens (including phenoxy) is 1. The highest BCUT2D eigenvalue weighted by atomic mass is 32.2. The SMILES string of the molecule is COc1ccccc1N(CC(=O)NC(C)c1ccc(S(C)(=O)=O)cc1)S(C)(=O)=O. The highest BCUT2D eigenvalue weighted by molar-refractivity contribution is 7.92. The molecule has 0 radical (unpaired) electrons. The van der Waals surface area contributed by atoms with Gasteiger partial charge in [-0.3, -0.25) is 9.10 Å². The first-order valence-electron chi connectivity index (χ1n) is 8.63. The van der Waals surface area contributed by atoms with E-state index in [4.69, 9.17) is 4.74 Å². The number of sulfonamides is 1. The molecule has 1 N–H and O–H groups in total. The van der Waals surface area contributed by atoms with Gasteiger partial charge in [-0.1, -0.05) is 24.3 Å². The predicted molar refractivity (Wildman–Crippen MR) is 111 cm³/mol. The third-order valence-corrected chi connectivity index (χ3v) is 6.48. The van der Waals surface area contributed by atoms with Gasteiger partial charge in [-0.2, -0.15) is 0 Å². The van der Waals surface area contributed by atoms with Crippen LogP contribution in [0.3, 0.4) is 0 Å². The van der Waals surface area contributed by atoms with Gasteiger partial charge in [0, 0.05) is 6.26 Å². The van der Waals surface area contributed by atoms with Gasteiger partial charge in [-0.05, 0) is 36.8 Å². The van der Waals surface area contributed by atoms with Crippen LogP contribution in [0.15, 0.2) is 53.4 Å². The molecule has 0 saturated carbocycles. The number of sulfone groups is 1. The van der Waals surface area contributed by atoms with Crippen LogP contribution in [-0.2, 0) is 24.7 Å². The van der Waals surface area contributed by atoms with Crippen LogP contribution < -0.4 is 14.4 Å². The third-order valence-electron chi connectivity index (χ3n) is 4.23. The van der Waals surface area contributed by atoms with Gasteiger partial charge in [0.2, 0.25) is 15.9 Å². The van der Waals surface area contributed by atoms with Crippen LogP contribution in [0.25, 0.3) is 0 Å². The van der Waals surface area contributed by atoms with Crippen molar-refractivity contribution < 1.29 is 26.4 Å². The number of carbonyl (C=O) groups is 1. The van der Waals surface area contributed by atoms with Gasteiger partial charge in [0.05, 0.1) is 30.0 Å². The van der Waals surface area contributed by atoms with Gasteiger partial charge in [0.25, 0.3) is 0 Å². The zero-order valence-electron chi connectivity index (χ0n) is 16.6. The Hall–Kier alpha value is -2.59. The molecule has 1 atom stereocenters. The molecule has 0 heterocycles. The molecule has 2 rings (SSSR count). The lowest BCUT2D eigenvalue weighted by molar-refractivity contribution is -0.120. The van der Waals surface area contributed by atoms with E-state index in [-0.39, 0.29) is 10.6 Å². The molecular weight excluding hydrogens is 416 g/mol. The fraction of sp³-hybridized carbons (Fsp3) is 0.316. The van der Waals surface area contributed by atoms with Crippen molar-refractivity contribution in [2.24, 2.45) is 0 Å². The van der Waals surface area contributed by atoms with E-state index < -0.39 is 38.4 Å². The minimum Gasteiger partial charge on any atom is -0.495 e. The average molecular weight is 441 g/mol. The van der Waals surface area contributed by atoms with E-state index in [0.29, 0.717) is 11.3 Å². The number of hydrogen-bond donors (Lipinski definition) is 1. The molecule has 0 aliphatic heterocycles. The van der Waals surface area contributed by atoms with Gasteiger partial charge in [-0.15, -0.1) is 0 Å². The van der Waals surface area contributed by atoms with Gasteiger partial charge in [0.15, 0.2) is 9.84 Å². The summed E-state index contributed by atoms with van der Waals surface area (Å²) in [6.07, 6.45) is 2.13. The summed E-state index contributed by atoms with van der Waals surface area (Å²) in [6, 6.07) is 12.2. The number of anilines is 1. The van der Waals surface area contributed by atoms with Crippen molar-refractivity contribution in [1.29, 1.82) is 0 Å². The maximum absolute atomic E-state index is 12.5. The van der Waals surface area contributed by atoms with Crippen LogP contribution in [-0.4, -0.2) is 48.9 Å². The number of amides is 1. The maximum atomic E-state index is 12.5. The summed E-state index contributed by atoms with van der Waals surface area (Å²) in [5.41, 5.74) is 0.951. The standard InChI is InChI=1S/C19H24N2O6S2/c1-14(15-9-11-16(12-10-15)28(3,23)24)20-19(22)13-21(29(4,25)26)17-7-5-6-8-18(17)27-2/h5-12,14H,13H2,1-4H3,(H,20,22). The summed E-state index contributed by atoms with van der Waals surface area (Å²) in [7, 11) is -5.63. The van der Waals surface area contributed by atoms with E-state index in [0.717, 1.165) is 16.8 Å². The van der Waals surface area contributed by atoms with E-state index in [9.17, 15) is 21.6 Å². The van der Waals surface area contributed by atoms with Crippen LogP contribution in [0.4, 0.5) is 5.69 Å². The van der Waals surface area contributed by atoms with E-state index in [1.165, 1.54) is 19.2 Å². The van der Waals surface area contributed by atoms with Crippen molar-refractivity contribution in [1.82, 2.24) is 5.32 Å². The average Bonchev–Trinajstić information content (AvgIpc) is 2.64. The molecule has 1 amide bonds. The quantitative estimate of drug-likeness (QED) is 0.670. The number of nitrogens with zero attached hydrogens (tertiary/aromatic N) is 1. The molecule has 0 aliphatic rings. The Morgan fingerprint density at radius 2 is 1.62 bits per heavy atom. The fourth-order valence-electron chi connectivity index (χ4n) is 2.72. The Labute approximate surface area is 171 Å². The largest absolute Gasteiger partial charge is 0.495 e. The van der Waals surface area contributed by atoms with Gasteiger partial charge in [0.1, 0.15) is 12.3 Å². The number of methoxy groups -OCH3 is 1. The number of hydrogen-bond acceptors (Lipinski definition) is 6. The Kier molecular flexibility index (Phi) is 6.91. The Bertz CT molecular complexity index is 1080. The number of rotatable bonds is 8. The normalized spacial score (nSPS) is 12.8. The molecule has 29 heavy (non-hydrogen) atoms. The first-order valence-corrected chi connectivity index (χ1v) is 12.4. The molecular formula is C19H24N2O6S2. The van der Waals surface area contributed by atoms with E-state index in [1.54, 1.807) is 43.3 Å². The van der Waals surface area contributed by atoms with Crippen LogP contribution in [0, 0.1) is 0 Å². The van der Waals surface area contributed by atoms with Crippen molar-refractivity contribution in [2.45, 2.75) is 17.9 Å².